The lowest BCUT2D eigenvalue weighted by atomic mass is 9.82. The Morgan fingerprint density at radius 3 is 2.37 bits per heavy atom. The van der Waals surface area contributed by atoms with E-state index in [9.17, 15) is 35.1 Å². The van der Waals surface area contributed by atoms with Gasteiger partial charge in [-0.05, 0) is 17.6 Å². The third kappa shape index (κ3) is 5.47. The largest absolute Gasteiger partial charge is 0.472 e. The molecule has 1 aromatic rings. The summed E-state index contributed by atoms with van der Waals surface area (Å²) in [5, 5.41) is 51.1. The molecule has 208 valence electrons. The average Bonchev–Trinajstić information content (AvgIpc) is 3.18. The van der Waals surface area contributed by atoms with Gasteiger partial charge in [-0.1, -0.05) is 37.3 Å². The number of aliphatic hydroxyl groups excluding tert-OH is 5. The van der Waals surface area contributed by atoms with Crippen molar-refractivity contribution in [3.8, 4) is 0 Å². The molecule has 1 saturated heterocycles. The maximum atomic E-state index is 12.7. The molecule has 12 nitrogen and oxygen atoms in total. The topological polar surface area (TPSA) is 181 Å². The van der Waals surface area contributed by atoms with E-state index in [0.29, 0.717) is 0 Å². The van der Waals surface area contributed by atoms with Crippen molar-refractivity contribution < 1.29 is 58.8 Å². The number of hydrogen-bond donors (Lipinski definition) is 5. The Kier molecular flexibility index (Phi) is 8.83. The van der Waals surface area contributed by atoms with Crippen LogP contribution in [-0.2, 0) is 33.3 Å². The lowest BCUT2D eigenvalue weighted by molar-refractivity contribution is -0.343. The van der Waals surface area contributed by atoms with Gasteiger partial charge in [-0.25, -0.2) is 9.59 Å². The highest BCUT2D eigenvalue weighted by Gasteiger charge is 2.59. The van der Waals surface area contributed by atoms with E-state index in [0.717, 1.165) is 11.8 Å². The normalized spacial score (nSPS) is 38.7. The maximum Gasteiger partial charge on any atom is 0.337 e. The Hall–Kier alpha value is -2.84. The summed E-state index contributed by atoms with van der Waals surface area (Å²) < 4.78 is 27.4. The molecule has 5 N–H and O–H groups in total. The highest BCUT2D eigenvalue weighted by atomic mass is 16.8. The van der Waals surface area contributed by atoms with Gasteiger partial charge in [-0.2, -0.15) is 0 Å². The van der Waals surface area contributed by atoms with E-state index < -0.39 is 85.5 Å². The van der Waals surface area contributed by atoms with Crippen molar-refractivity contribution in [1.82, 2.24) is 0 Å². The highest BCUT2D eigenvalue weighted by Crippen LogP contribution is 2.49. The summed E-state index contributed by atoms with van der Waals surface area (Å²) >= 11 is 0. The molecule has 5 unspecified atom stereocenters. The Morgan fingerprint density at radius 1 is 1.00 bits per heavy atom. The summed E-state index contributed by atoms with van der Waals surface area (Å²) in [5.41, 5.74) is 0.774. The van der Waals surface area contributed by atoms with E-state index in [4.69, 9.17) is 23.7 Å². The lowest BCUT2D eigenvalue weighted by Crippen LogP contribution is -2.60. The molecule has 1 saturated carbocycles. The van der Waals surface area contributed by atoms with Gasteiger partial charge < -0.3 is 49.2 Å². The van der Waals surface area contributed by atoms with Crippen molar-refractivity contribution >= 4 is 18.0 Å². The number of benzene rings is 1. The molecule has 0 amide bonds. The van der Waals surface area contributed by atoms with E-state index in [2.05, 4.69) is 0 Å². The van der Waals surface area contributed by atoms with Crippen LogP contribution in [0.1, 0.15) is 12.5 Å². The number of carbonyl (C=O) groups is 2. The van der Waals surface area contributed by atoms with Gasteiger partial charge in [0.2, 0.25) is 6.29 Å². The van der Waals surface area contributed by atoms with Crippen molar-refractivity contribution in [1.29, 1.82) is 0 Å². The van der Waals surface area contributed by atoms with Crippen LogP contribution in [0, 0.1) is 17.8 Å². The molecule has 0 bridgehead atoms. The lowest BCUT2D eigenvalue weighted by Gasteiger charge is -2.43. The first-order chi connectivity index (χ1) is 18.2. The second-order valence-electron chi connectivity index (χ2n) is 9.50. The number of aliphatic hydroxyl groups is 5. The Labute approximate surface area is 218 Å². The van der Waals surface area contributed by atoms with Gasteiger partial charge in [0, 0.05) is 17.9 Å². The molecule has 0 aromatic heterocycles. The summed E-state index contributed by atoms with van der Waals surface area (Å²) in [6, 6.07) is 9.04. The molecular formula is C26H32O12. The van der Waals surface area contributed by atoms with Crippen LogP contribution in [0.5, 0.6) is 0 Å². The number of methoxy groups -OCH3 is 1. The van der Waals surface area contributed by atoms with Gasteiger partial charge in [-0.3, -0.25) is 0 Å². The fraction of sp³-hybridized carbons (Fsp3) is 0.538. The molecule has 2 fully saturated rings. The first-order valence-corrected chi connectivity index (χ1v) is 12.2. The monoisotopic (exact) mass is 536 g/mol. The van der Waals surface area contributed by atoms with Gasteiger partial charge in [-0.15, -0.1) is 0 Å². The van der Waals surface area contributed by atoms with Crippen molar-refractivity contribution in [2.75, 3.05) is 13.7 Å². The number of fused-ring (bicyclic) bond motifs is 1. The third-order valence-electron chi connectivity index (χ3n) is 7.26. The number of hydrogen-bond acceptors (Lipinski definition) is 12. The number of rotatable bonds is 7. The Balaban J connectivity index is 1.57. The average molecular weight is 537 g/mol. The number of ether oxygens (including phenoxy) is 5. The van der Waals surface area contributed by atoms with Crippen LogP contribution in [0.25, 0.3) is 6.08 Å². The van der Waals surface area contributed by atoms with Crippen molar-refractivity contribution in [2.45, 2.75) is 56.1 Å². The molecule has 1 aliphatic carbocycles. The Bertz CT molecular complexity index is 1040. The van der Waals surface area contributed by atoms with Crippen LogP contribution in [0.2, 0.25) is 0 Å². The fourth-order valence-corrected chi connectivity index (χ4v) is 5.18. The summed E-state index contributed by atoms with van der Waals surface area (Å²) in [4.78, 5) is 25.2. The quantitative estimate of drug-likeness (QED) is 0.214. The predicted molar refractivity (Wildman–Crippen MR) is 127 cm³/mol. The minimum atomic E-state index is -1.70. The summed E-state index contributed by atoms with van der Waals surface area (Å²) in [7, 11) is 1.17. The van der Waals surface area contributed by atoms with E-state index >= 15 is 0 Å². The maximum absolute atomic E-state index is 12.7. The van der Waals surface area contributed by atoms with Crippen LogP contribution in [0.15, 0.2) is 48.2 Å². The minimum Gasteiger partial charge on any atom is -0.472 e. The molecule has 12 heteroatoms. The fourth-order valence-electron chi connectivity index (χ4n) is 5.18. The molecule has 4 rings (SSSR count). The van der Waals surface area contributed by atoms with Crippen LogP contribution in [0.4, 0.5) is 0 Å². The minimum absolute atomic E-state index is 0.0133. The van der Waals surface area contributed by atoms with Gasteiger partial charge in [0.1, 0.15) is 30.5 Å². The van der Waals surface area contributed by atoms with E-state index in [1.807, 2.05) is 18.2 Å². The molecule has 2 heterocycles. The van der Waals surface area contributed by atoms with E-state index in [1.54, 1.807) is 25.1 Å². The van der Waals surface area contributed by atoms with Crippen molar-refractivity contribution in [3.05, 3.63) is 53.8 Å². The van der Waals surface area contributed by atoms with Gasteiger partial charge in [0.25, 0.3) is 0 Å². The smallest absolute Gasteiger partial charge is 0.337 e. The Morgan fingerprint density at radius 2 is 1.71 bits per heavy atom. The zero-order chi connectivity index (χ0) is 27.6. The summed E-state index contributed by atoms with van der Waals surface area (Å²) in [6.07, 6.45) is -7.48. The third-order valence-corrected chi connectivity index (χ3v) is 7.26. The summed E-state index contributed by atoms with van der Waals surface area (Å²) in [5.74, 6) is -3.84. The molecule has 11 atom stereocenters. The second kappa shape index (κ2) is 11.9. The standard InChI is InChI=1S/C26H32O12/c1-12-17-18(23(19(12)29)37-16(28)9-8-13-6-4-3-5-7-13)14(24(33)34-2)11-35-25(17)38-26-22(32)21(31)20(30)15(10-27)36-26/h3-9,11-12,15,17-23,25-27,29-32H,10H2,1-2H3/b9-8+/t12-,15?,17+,18+,19+,20?,21?,22?,23-,25-,26?/m1/s1. The van der Waals surface area contributed by atoms with Gasteiger partial charge in [0.05, 0.1) is 31.7 Å². The number of carbonyl (C=O) groups excluding carboxylic acids is 2. The summed E-state index contributed by atoms with van der Waals surface area (Å²) in [6.45, 7) is 1.00. The highest BCUT2D eigenvalue weighted by molar-refractivity contribution is 5.90. The van der Waals surface area contributed by atoms with Crippen LogP contribution >= 0.6 is 0 Å². The molecule has 3 aliphatic rings. The zero-order valence-electron chi connectivity index (χ0n) is 20.8. The zero-order valence-corrected chi connectivity index (χ0v) is 20.8. The SMILES string of the molecule is COC(=O)C1=CO[C@H](OC2OC(CO)C(O)C(O)C2O)[C@H]2[C@@H](C)[C@H](O)[C@H](OC(=O)/C=C/c3ccccc3)[C@@H]12. The molecular weight excluding hydrogens is 504 g/mol. The van der Waals surface area contributed by atoms with Crippen molar-refractivity contribution in [2.24, 2.45) is 17.8 Å². The predicted octanol–water partition coefficient (Wildman–Crippen LogP) is -0.916. The van der Waals surface area contributed by atoms with E-state index in [-0.39, 0.29) is 5.57 Å². The first kappa shape index (κ1) is 28.2. The van der Waals surface area contributed by atoms with Crippen LogP contribution in [-0.4, -0.2) is 100 Å². The number of esters is 2. The van der Waals surface area contributed by atoms with Gasteiger partial charge >= 0.3 is 11.9 Å². The first-order valence-electron chi connectivity index (χ1n) is 12.2. The van der Waals surface area contributed by atoms with Gasteiger partial charge in [0.15, 0.2) is 6.29 Å². The molecule has 38 heavy (non-hydrogen) atoms. The van der Waals surface area contributed by atoms with Crippen molar-refractivity contribution in [3.63, 3.8) is 0 Å². The van der Waals surface area contributed by atoms with Crippen LogP contribution in [0.3, 0.4) is 0 Å². The molecule has 1 aromatic carbocycles. The molecule has 2 aliphatic heterocycles. The van der Waals surface area contributed by atoms with Crippen LogP contribution < -0.4 is 0 Å². The molecule has 0 radical (unpaired) electrons. The second-order valence-corrected chi connectivity index (χ2v) is 9.50. The van der Waals surface area contributed by atoms with E-state index in [1.165, 1.54) is 13.2 Å². The molecule has 0 spiro atoms.